The summed E-state index contributed by atoms with van der Waals surface area (Å²) >= 11 is 0. The van der Waals surface area contributed by atoms with Crippen molar-refractivity contribution in [2.24, 2.45) is 0 Å². The van der Waals surface area contributed by atoms with E-state index in [4.69, 9.17) is 5.11 Å². The van der Waals surface area contributed by atoms with E-state index in [-0.39, 0.29) is 29.8 Å². The number of halogens is 3. The van der Waals surface area contributed by atoms with Gasteiger partial charge >= 0.3 is 17.8 Å². The Morgan fingerprint density at radius 1 is 1.38 bits per heavy atom. The van der Waals surface area contributed by atoms with Crippen LogP contribution in [0.1, 0.15) is 42.6 Å². The molecule has 0 radical (unpaired) electrons. The average Bonchev–Trinajstić information content (AvgIpc) is 3.08. The number of hydrogen-bond donors (Lipinski definition) is 1. The summed E-state index contributed by atoms with van der Waals surface area (Å²) in [7, 11) is 0. The molecule has 1 heterocycles. The zero-order valence-corrected chi connectivity index (χ0v) is 11.8. The highest BCUT2D eigenvalue weighted by molar-refractivity contribution is 5.76. The highest BCUT2D eigenvalue weighted by Gasteiger charge is 2.66. The number of aromatic nitrogens is 2. The van der Waals surface area contributed by atoms with Crippen LogP contribution in [-0.4, -0.2) is 26.8 Å². The number of aryl methyl sites for hydroxylation is 1. The Balaban J connectivity index is 2.73. The van der Waals surface area contributed by atoms with E-state index in [0.717, 1.165) is 0 Å². The number of alkyl halides is 3. The number of carboxylic acid groups (broad SMARTS) is 1. The predicted molar refractivity (Wildman–Crippen MR) is 67.3 cm³/mol. The number of rotatable bonds is 3. The van der Waals surface area contributed by atoms with E-state index in [1.165, 1.54) is 20.8 Å². The van der Waals surface area contributed by atoms with Gasteiger partial charge in [0.1, 0.15) is 5.54 Å². The van der Waals surface area contributed by atoms with Gasteiger partial charge in [0.25, 0.3) is 0 Å². The molecule has 1 N–H and O–H groups in total. The minimum atomic E-state index is -4.57. The summed E-state index contributed by atoms with van der Waals surface area (Å²) in [6.45, 7) is 4.14. The third kappa shape index (κ3) is 2.22. The molecule has 116 valence electrons. The molecule has 1 atom stereocenters. The van der Waals surface area contributed by atoms with Crippen molar-refractivity contribution in [1.82, 2.24) is 9.55 Å². The molecule has 1 fully saturated rings. The molecule has 0 bridgehead atoms. The van der Waals surface area contributed by atoms with Crippen LogP contribution in [-0.2, 0) is 10.3 Å². The van der Waals surface area contributed by atoms with Gasteiger partial charge in [0.05, 0.1) is 5.92 Å². The van der Waals surface area contributed by atoms with Crippen LogP contribution in [0, 0.1) is 13.8 Å². The van der Waals surface area contributed by atoms with E-state index in [2.05, 4.69) is 4.98 Å². The number of nitrogens with zero attached hydrogens (tertiary/aromatic N) is 2. The normalized spacial score (nSPS) is 18.4. The van der Waals surface area contributed by atoms with Crippen molar-refractivity contribution in [1.29, 1.82) is 0 Å². The summed E-state index contributed by atoms with van der Waals surface area (Å²) in [5.74, 6) is -2.21. The van der Waals surface area contributed by atoms with Gasteiger partial charge in [-0.25, -0.2) is 4.79 Å². The smallest absolute Gasteiger partial charge is 0.412 e. The summed E-state index contributed by atoms with van der Waals surface area (Å²) in [4.78, 5) is 26.7. The molecule has 8 heteroatoms. The molecule has 5 nitrogen and oxygen atoms in total. The van der Waals surface area contributed by atoms with Gasteiger partial charge in [-0.2, -0.15) is 18.2 Å². The molecule has 0 amide bonds. The zero-order valence-electron chi connectivity index (χ0n) is 11.8. The van der Waals surface area contributed by atoms with Gasteiger partial charge in [-0.1, -0.05) is 0 Å². The quantitative estimate of drug-likeness (QED) is 0.928. The van der Waals surface area contributed by atoms with E-state index in [1.54, 1.807) is 0 Å². The summed E-state index contributed by atoms with van der Waals surface area (Å²) in [5.41, 5.74) is -2.88. The molecule has 1 saturated carbocycles. The Morgan fingerprint density at radius 2 is 1.90 bits per heavy atom. The standard InChI is InChI=1S/C13H15F3N2O3/c1-6(10(19)20)9-7(2)17-11(21)18(8(9)3)12(4-5-12)13(14,15)16/h6H,4-5H2,1-3H3,(H,19,20). The van der Waals surface area contributed by atoms with E-state index in [1.807, 2.05) is 0 Å². The van der Waals surface area contributed by atoms with Crippen LogP contribution in [0.2, 0.25) is 0 Å². The second kappa shape index (κ2) is 4.57. The maximum atomic E-state index is 13.2. The molecule has 0 aliphatic heterocycles. The fourth-order valence-corrected chi connectivity index (χ4v) is 2.79. The molecule has 1 aliphatic rings. The van der Waals surface area contributed by atoms with Crippen molar-refractivity contribution in [3.8, 4) is 0 Å². The first-order valence-electron chi connectivity index (χ1n) is 6.43. The van der Waals surface area contributed by atoms with Gasteiger partial charge in [0.15, 0.2) is 0 Å². The lowest BCUT2D eigenvalue weighted by atomic mass is 9.97. The van der Waals surface area contributed by atoms with Crippen LogP contribution < -0.4 is 5.69 Å². The molecule has 2 rings (SSSR count). The number of hydrogen-bond acceptors (Lipinski definition) is 3. The third-order valence-corrected chi connectivity index (χ3v) is 4.05. The SMILES string of the molecule is Cc1nc(=O)n(C2(C(F)(F)F)CC2)c(C)c1C(C)C(=O)O. The Kier molecular flexibility index (Phi) is 3.38. The fourth-order valence-electron chi connectivity index (χ4n) is 2.79. The van der Waals surface area contributed by atoms with Crippen molar-refractivity contribution < 1.29 is 23.1 Å². The second-order valence-electron chi connectivity index (χ2n) is 5.40. The highest BCUT2D eigenvalue weighted by atomic mass is 19.4. The van der Waals surface area contributed by atoms with Crippen LogP contribution in [0.25, 0.3) is 0 Å². The number of aliphatic carboxylic acids is 1. The minimum absolute atomic E-state index is 0.0252. The van der Waals surface area contributed by atoms with Gasteiger partial charge in [-0.15, -0.1) is 0 Å². The van der Waals surface area contributed by atoms with Gasteiger partial charge < -0.3 is 5.11 Å². The largest absolute Gasteiger partial charge is 0.481 e. The fraction of sp³-hybridized carbons (Fsp3) is 0.615. The summed E-state index contributed by atoms with van der Waals surface area (Å²) in [6.07, 6.45) is -4.95. The summed E-state index contributed by atoms with van der Waals surface area (Å²) < 4.78 is 40.3. The van der Waals surface area contributed by atoms with Gasteiger partial charge in [-0.3, -0.25) is 9.36 Å². The zero-order chi connectivity index (χ0) is 16.2. The lowest BCUT2D eigenvalue weighted by molar-refractivity contribution is -0.181. The molecule has 1 aromatic heterocycles. The van der Waals surface area contributed by atoms with Crippen molar-refractivity contribution in [2.75, 3.05) is 0 Å². The van der Waals surface area contributed by atoms with Crippen LogP contribution in [0.5, 0.6) is 0 Å². The lowest BCUT2D eigenvalue weighted by Crippen LogP contribution is -2.44. The molecular formula is C13H15F3N2O3. The Labute approximate surface area is 118 Å². The molecule has 0 aromatic carbocycles. The molecule has 1 aliphatic carbocycles. The maximum Gasteiger partial charge on any atom is 0.412 e. The Hall–Kier alpha value is -1.86. The Morgan fingerprint density at radius 3 is 2.29 bits per heavy atom. The van der Waals surface area contributed by atoms with Crippen LogP contribution >= 0.6 is 0 Å². The first-order valence-corrected chi connectivity index (χ1v) is 6.43. The molecule has 0 spiro atoms. The van der Waals surface area contributed by atoms with E-state index in [9.17, 15) is 22.8 Å². The van der Waals surface area contributed by atoms with Gasteiger partial charge in [-0.05, 0) is 33.6 Å². The summed E-state index contributed by atoms with van der Waals surface area (Å²) in [6, 6.07) is 0. The van der Waals surface area contributed by atoms with Crippen molar-refractivity contribution in [3.05, 3.63) is 27.4 Å². The molecule has 1 aromatic rings. The Bertz CT molecular complexity index is 660. The van der Waals surface area contributed by atoms with E-state index < -0.39 is 29.3 Å². The molecular weight excluding hydrogens is 289 g/mol. The van der Waals surface area contributed by atoms with Crippen molar-refractivity contribution in [2.45, 2.75) is 51.2 Å². The highest BCUT2D eigenvalue weighted by Crippen LogP contribution is 2.55. The minimum Gasteiger partial charge on any atom is -0.481 e. The predicted octanol–water partition coefficient (Wildman–Crippen LogP) is 2.10. The molecule has 21 heavy (non-hydrogen) atoms. The second-order valence-corrected chi connectivity index (χ2v) is 5.40. The monoisotopic (exact) mass is 304 g/mol. The molecule has 1 unspecified atom stereocenters. The third-order valence-electron chi connectivity index (χ3n) is 4.05. The van der Waals surface area contributed by atoms with Crippen LogP contribution in [0.4, 0.5) is 13.2 Å². The average molecular weight is 304 g/mol. The van der Waals surface area contributed by atoms with Crippen LogP contribution in [0.15, 0.2) is 4.79 Å². The molecule has 0 saturated heterocycles. The van der Waals surface area contributed by atoms with E-state index >= 15 is 0 Å². The van der Waals surface area contributed by atoms with Crippen molar-refractivity contribution >= 4 is 5.97 Å². The van der Waals surface area contributed by atoms with Crippen LogP contribution in [0.3, 0.4) is 0 Å². The number of carbonyl (C=O) groups is 1. The first kappa shape index (κ1) is 15.5. The van der Waals surface area contributed by atoms with E-state index in [0.29, 0.717) is 4.57 Å². The summed E-state index contributed by atoms with van der Waals surface area (Å²) in [5, 5.41) is 9.09. The first-order chi connectivity index (χ1) is 9.53. The lowest BCUT2D eigenvalue weighted by Gasteiger charge is -2.26. The topological polar surface area (TPSA) is 72.2 Å². The van der Waals surface area contributed by atoms with Crippen molar-refractivity contribution in [3.63, 3.8) is 0 Å². The maximum absolute atomic E-state index is 13.2. The van der Waals surface area contributed by atoms with Gasteiger partial charge in [0.2, 0.25) is 0 Å². The van der Waals surface area contributed by atoms with Gasteiger partial charge in [0, 0.05) is 17.0 Å². The number of carboxylic acids is 1.